The number of alkyl halides is 3. The van der Waals surface area contributed by atoms with Crippen LogP contribution in [0.1, 0.15) is 25.3 Å². The highest BCUT2D eigenvalue weighted by molar-refractivity contribution is 8.00. The van der Waals surface area contributed by atoms with Gasteiger partial charge in [-0.1, -0.05) is 19.1 Å². The summed E-state index contributed by atoms with van der Waals surface area (Å²) in [6.45, 7) is 4.60. The van der Waals surface area contributed by atoms with E-state index >= 15 is 0 Å². The molecule has 118 valence electrons. The number of nitrogens with zero attached hydrogens (tertiary/aromatic N) is 1. The molecule has 2 unspecified atom stereocenters. The van der Waals surface area contributed by atoms with Crippen LogP contribution in [0.15, 0.2) is 29.2 Å². The van der Waals surface area contributed by atoms with Gasteiger partial charge in [-0.15, -0.1) is 0 Å². The van der Waals surface area contributed by atoms with Crippen LogP contribution in [0.3, 0.4) is 0 Å². The van der Waals surface area contributed by atoms with Crippen molar-refractivity contribution in [3.63, 3.8) is 0 Å². The standard InChI is InChI=1S/C15H21F3N2S/c1-11-3-2-8-20(14(11)9-19)10-12-4-6-13(7-5-12)21-15(16,17)18/h4-7,11,14H,2-3,8-10,19H2,1H3. The Balaban J connectivity index is 1.99. The molecule has 2 atom stereocenters. The topological polar surface area (TPSA) is 29.3 Å². The third-order valence-corrected chi connectivity index (χ3v) is 4.75. The zero-order valence-electron chi connectivity index (χ0n) is 12.1. The molecule has 1 heterocycles. The van der Waals surface area contributed by atoms with Gasteiger partial charge in [-0.2, -0.15) is 13.2 Å². The quantitative estimate of drug-likeness (QED) is 0.855. The largest absolute Gasteiger partial charge is 0.446 e. The number of likely N-dealkylation sites (tertiary alicyclic amines) is 1. The molecular formula is C15H21F3N2S. The molecule has 0 radical (unpaired) electrons. The van der Waals surface area contributed by atoms with Gasteiger partial charge in [-0.05, 0) is 54.8 Å². The summed E-state index contributed by atoms with van der Waals surface area (Å²) in [7, 11) is 0. The van der Waals surface area contributed by atoms with E-state index in [4.69, 9.17) is 5.73 Å². The van der Waals surface area contributed by atoms with Crippen molar-refractivity contribution in [2.75, 3.05) is 13.1 Å². The van der Waals surface area contributed by atoms with Gasteiger partial charge in [-0.3, -0.25) is 4.90 Å². The summed E-state index contributed by atoms with van der Waals surface area (Å²) < 4.78 is 36.9. The van der Waals surface area contributed by atoms with Gasteiger partial charge < -0.3 is 5.73 Å². The van der Waals surface area contributed by atoms with Crippen molar-refractivity contribution in [3.05, 3.63) is 29.8 Å². The molecule has 1 saturated heterocycles. The maximum atomic E-state index is 12.3. The summed E-state index contributed by atoms with van der Waals surface area (Å²) in [5, 5.41) is 0. The Morgan fingerprint density at radius 3 is 2.52 bits per heavy atom. The van der Waals surface area contributed by atoms with E-state index in [9.17, 15) is 13.2 Å². The predicted octanol–water partition coefficient (Wildman–Crippen LogP) is 3.86. The number of piperidine rings is 1. The van der Waals surface area contributed by atoms with Crippen LogP contribution in [-0.4, -0.2) is 29.5 Å². The molecule has 2 rings (SSSR count). The van der Waals surface area contributed by atoms with Crippen molar-refractivity contribution in [2.24, 2.45) is 11.7 Å². The summed E-state index contributed by atoms with van der Waals surface area (Å²) in [5.74, 6) is 0.573. The maximum Gasteiger partial charge on any atom is 0.446 e. The number of benzene rings is 1. The minimum absolute atomic E-state index is 0.0726. The first-order valence-electron chi connectivity index (χ1n) is 7.18. The molecule has 2 N–H and O–H groups in total. The number of nitrogens with two attached hydrogens (primary N) is 1. The lowest BCUT2D eigenvalue weighted by molar-refractivity contribution is -0.0328. The molecule has 1 aliphatic heterocycles. The molecule has 1 fully saturated rings. The van der Waals surface area contributed by atoms with Gasteiger partial charge in [0.25, 0.3) is 0 Å². The molecule has 2 nitrogen and oxygen atoms in total. The first-order chi connectivity index (χ1) is 9.89. The van der Waals surface area contributed by atoms with E-state index in [0.29, 0.717) is 18.5 Å². The van der Waals surface area contributed by atoms with Crippen LogP contribution >= 0.6 is 11.8 Å². The van der Waals surface area contributed by atoms with Crippen molar-refractivity contribution < 1.29 is 13.2 Å². The highest BCUT2D eigenvalue weighted by Crippen LogP contribution is 2.36. The minimum Gasteiger partial charge on any atom is -0.329 e. The Morgan fingerprint density at radius 1 is 1.29 bits per heavy atom. The van der Waals surface area contributed by atoms with Gasteiger partial charge in [0.05, 0.1) is 0 Å². The lowest BCUT2D eigenvalue weighted by Gasteiger charge is -2.39. The summed E-state index contributed by atoms with van der Waals surface area (Å²) in [5.41, 5.74) is 2.67. The van der Waals surface area contributed by atoms with Crippen molar-refractivity contribution in [3.8, 4) is 0 Å². The normalized spacial score (nSPS) is 24.2. The van der Waals surface area contributed by atoms with Gasteiger partial charge >= 0.3 is 5.51 Å². The number of hydrogen-bond donors (Lipinski definition) is 1. The van der Waals surface area contributed by atoms with E-state index in [-0.39, 0.29) is 16.7 Å². The molecule has 0 amide bonds. The summed E-state index contributed by atoms with van der Waals surface area (Å²) in [6.07, 6.45) is 2.35. The first kappa shape index (κ1) is 16.6. The molecule has 0 aliphatic carbocycles. The Labute approximate surface area is 127 Å². The second-order valence-electron chi connectivity index (χ2n) is 5.58. The van der Waals surface area contributed by atoms with E-state index < -0.39 is 5.51 Å². The molecule has 0 saturated carbocycles. The van der Waals surface area contributed by atoms with E-state index in [1.165, 1.54) is 18.6 Å². The van der Waals surface area contributed by atoms with Crippen LogP contribution in [0, 0.1) is 5.92 Å². The average Bonchev–Trinajstić information content (AvgIpc) is 2.40. The second-order valence-corrected chi connectivity index (χ2v) is 6.72. The molecule has 0 aromatic heterocycles. The Morgan fingerprint density at radius 2 is 1.95 bits per heavy atom. The van der Waals surface area contributed by atoms with E-state index in [1.807, 2.05) is 0 Å². The second kappa shape index (κ2) is 7.03. The fourth-order valence-corrected chi connectivity index (χ4v) is 3.48. The third kappa shape index (κ3) is 4.90. The molecule has 1 aliphatic rings. The van der Waals surface area contributed by atoms with Crippen molar-refractivity contribution in [1.82, 2.24) is 4.90 Å². The predicted molar refractivity (Wildman–Crippen MR) is 80.0 cm³/mol. The third-order valence-electron chi connectivity index (χ3n) is 4.01. The first-order valence-corrected chi connectivity index (χ1v) is 7.99. The Kier molecular flexibility index (Phi) is 5.57. The van der Waals surface area contributed by atoms with Crippen LogP contribution in [0.2, 0.25) is 0 Å². The van der Waals surface area contributed by atoms with Gasteiger partial charge in [0.1, 0.15) is 0 Å². The number of thioether (sulfide) groups is 1. The SMILES string of the molecule is CC1CCCN(Cc2ccc(SC(F)(F)F)cc2)C1CN. The number of hydrogen-bond acceptors (Lipinski definition) is 3. The number of halogens is 3. The fourth-order valence-electron chi connectivity index (χ4n) is 2.94. The van der Waals surface area contributed by atoms with Gasteiger partial charge in [0.2, 0.25) is 0 Å². The van der Waals surface area contributed by atoms with E-state index in [0.717, 1.165) is 25.1 Å². The smallest absolute Gasteiger partial charge is 0.329 e. The molecule has 21 heavy (non-hydrogen) atoms. The molecular weight excluding hydrogens is 297 g/mol. The molecule has 6 heteroatoms. The Bertz CT molecular complexity index is 447. The average molecular weight is 318 g/mol. The van der Waals surface area contributed by atoms with Crippen LogP contribution in [-0.2, 0) is 6.54 Å². The minimum atomic E-state index is -4.23. The summed E-state index contributed by atoms with van der Waals surface area (Å²) in [4.78, 5) is 2.58. The van der Waals surface area contributed by atoms with Crippen LogP contribution in [0.25, 0.3) is 0 Å². The summed E-state index contributed by atoms with van der Waals surface area (Å²) in [6, 6.07) is 7.00. The molecule has 0 spiro atoms. The van der Waals surface area contributed by atoms with Crippen LogP contribution < -0.4 is 5.73 Å². The van der Waals surface area contributed by atoms with Crippen molar-refractivity contribution in [1.29, 1.82) is 0 Å². The van der Waals surface area contributed by atoms with Crippen LogP contribution in [0.4, 0.5) is 13.2 Å². The highest BCUT2D eigenvalue weighted by atomic mass is 32.2. The zero-order chi connectivity index (χ0) is 15.5. The Hall–Kier alpha value is -0.720. The lowest BCUT2D eigenvalue weighted by Crippen LogP contribution is -2.47. The van der Waals surface area contributed by atoms with Crippen molar-refractivity contribution in [2.45, 2.75) is 42.8 Å². The van der Waals surface area contributed by atoms with Crippen molar-refractivity contribution >= 4 is 11.8 Å². The zero-order valence-corrected chi connectivity index (χ0v) is 12.9. The summed E-state index contributed by atoms with van der Waals surface area (Å²) >= 11 is -0.0726. The van der Waals surface area contributed by atoms with Gasteiger partial charge in [0, 0.05) is 24.0 Å². The lowest BCUT2D eigenvalue weighted by atomic mass is 9.90. The fraction of sp³-hybridized carbons (Fsp3) is 0.600. The van der Waals surface area contributed by atoms with Gasteiger partial charge in [0.15, 0.2) is 0 Å². The van der Waals surface area contributed by atoms with Gasteiger partial charge in [-0.25, -0.2) is 0 Å². The molecule has 1 aromatic rings. The van der Waals surface area contributed by atoms with Crippen LogP contribution in [0.5, 0.6) is 0 Å². The highest BCUT2D eigenvalue weighted by Gasteiger charge is 2.29. The molecule has 0 bridgehead atoms. The van der Waals surface area contributed by atoms with E-state index in [1.54, 1.807) is 12.1 Å². The maximum absolute atomic E-state index is 12.3. The monoisotopic (exact) mass is 318 g/mol. The molecule has 1 aromatic carbocycles. The number of rotatable bonds is 4. The van der Waals surface area contributed by atoms with E-state index in [2.05, 4.69) is 11.8 Å².